The molecule has 0 atom stereocenters. The largest absolute Gasteiger partial charge is 0.424 e. The Kier molecular flexibility index (Phi) is 3.77. The molecule has 0 heterocycles. The molecule has 1 rings (SSSR count). The highest BCUT2D eigenvalue weighted by Crippen LogP contribution is 2.28. The van der Waals surface area contributed by atoms with Crippen LogP contribution in [0.5, 0.6) is 5.75 Å². The fourth-order valence-electron chi connectivity index (χ4n) is 0.985. The normalized spacial score (nSPS) is 11.8. The van der Waals surface area contributed by atoms with Gasteiger partial charge in [0.15, 0.2) is 5.75 Å². The first-order chi connectivity index (χ1) is 7.38. The molecule has 0 amide bonds. The SMILES string of the molecule is CC(=O)Oc1ccccc1N=NC(C)(C)C. The van der Waals surface area contributed by atoms with Gasteiger partial charge in [-0.25, -0.2) is 0 Å². The maximum absolute atomic E-state index is 10.9. The summed E-state index contributed by atoms with van der Waals surface area (Å²) in [6.45, 7) is 7.21. The van der Waals surface area contributed by atoms with Crippen molar-refractivity contribution in [3.63, 3.8) is 0 Å². The first-order valence-corrected chi connectivity index (χ1v) is 5.09. The van der Waals surface area contributed by atoms with Gasteiger partial charge in [0.1, 0.15) is 5.69 Å². The summed E-state index contributed by atoms with van der Waals surface area (Å²) in [5.74, 6) is 0.0707. The third-order valence-corrected chi connectivity index (χ3v) is 1.58. The summed E-state index contributed by atoms with van der Waals surface area (Å²) in [5.41, 5.74) is 0.316. The van der Waals surface area contributed by atoms with Crippen molar-refractivity contribution in [2.24, 2.45) is 10.2 Å². The maximum Gasteiger partial charge on any atom is 0.308 e. The number of ether oxygens (including phenoxy) is 1. The van der Waals surface area contributed by atoms with Crippen LogP contribution < -0.4 is 4.74 Å². The number of hydrogen-bond donors (Lipinski definition) is 0. The van der Waals surface area contributed by atoms with E-state index in [1.807, 2.05) is 26.8 Å². The van der Waals surface area contributed by atoms with Crippen LogP contribution in [0.3, 0.4) is 0 Å². The minimum atomic E-state index is -0.363. The van der Waals surface area contributed by atoms with Crippen molar-refractivity contribution in [3.05, 3.63) is 24.3 Å². The Morgan fingerprint density at radius 1 is 1.25 bits per heavy atom. The Balaban J connectivity index is 2.95. The van der Waals surface area contributed by atoms with E-state index in [9.17, 15) is 4.79 Å². The highest BCUT2D eigenvalue weighted by atomic mass is 16.5. The van der Waals surface area contributed by atoms with E-state index in [0.717, 1.165) is 0 Å². The van der Waals surface area contributed by atoms with Gasteiger partial charge in [0, 0.05) is 6.92 Å². The molecule has 86 valence electrons. The van der Waals surface area contributed by atoms with Crippen molar-refractivity contribution < 1.29 is 9.53 Å². The fourth-order valence-corrected chi connectivity index (χ4v) is 0.985. The minimum Gasteiger partial charge on any atom is -0.424 e. The van der Waals surface area contributed by atoms with Crippen LogP contribution in [0, 0.1) is 0 Å². The summed E-state index contributed by atoms with van der Waals surface area (Å²) in [7, 11) is 0. The topological polar surface area (TPSA) is 51.0 Å². The molecule has 0 radical (unpaired) electrons. The Morgan fingerprint density at radius 3 is 2.44 bits per heavy atom. The van der Waals surface area contributed by atoms with Crippen LogP contribution in [0.2, 0.25) is 0 Å². The van der Waals surface area contributed by atoms with Crippen LogP contribution in [-0.4, -0.2) is 11.5 Å². The highest BCUT2D eigenvalue weighted by molar-refractivity contribution is 5.71. The molecule has 0 saturated carbocycles. The number of benzene rings is 1. The van der Waals surface area contributed by atoms with Crippen LogP contribution in [0.4, 0.5) is 5.69 Å². The molecule has 0 bridgehead atoms. The Hall–Kier alpha value is -1.71. The lowest BCUT2D eigenvalue weighted by Gasteiger charge is -2.10. The van der Waals surface area contributed by atoms with Crippen LogP contribution in [0.1, 0.15) is 27.7 Å². The molecule has 1 aromatic rings. The Morgan fingerprint density at radius 2 is 1.88 bits per heavy atom. The third kappa shape index (κ3) is 4.21. The zero-order chi connectivity index (χ0) is 12.2. The van der Waals surface area contributed by atoms with Gasteiger partial charge < -0.3 is 4.74 Å². The first kappa shape index (κ1) is 12.4. The molecule has 4 heteroatoms. The van der Waals surface area contributed by atoms with Crippen LogP contribution in [-0.2, 0) is 4.79 Å². The zero-order valence-electron chi connectivity index (χ0n) is 10.0. The van der Waals surface area contributed by atoms with Crippen molar-refractivity contribution >= 4 is 11.7 Å². The third-order valence-electron chi connectivity index (χ3n) is 1.58. The number of para-hydroxylation sites is 1. The fraction of sp³-hybridized carbons (Fsp3) is 0.417. The molecular formula is C12H16N2O2. The lowest BCUT2D eigenvalue weighted by Crippen LogP contribution is -2.07. The van der Waals surface area contributed by atoms with E-state index in [1.54, 1.807) is 18.2 Å². The second kappa shape index (κ2) is 4.88. The number of nitrogens with zero attached hydrogens (tertiary/aromatic N) is 2. The Labute approximate surface area is 95.3 Å². The summed E-state index contributed by atoms with van der Waals surface area (Å²) in [5, 5.41) is 8.21. The number of carbonyl (C=O) groups is 1. The second-order valence-electron chi connectivity index (χ2n) is 4.43. The average molecular weight is 220 g/mol. The van der Waals surface area contributed by atoms with Gasteiger partial charge in [-0.1, -0.05) is 12.1 Å². The summed E-state index contributed by atoms with van der Waals surface area (Å²) >= 11 is 0. The van der Waals surface area contributed by atoms with Gasteiger partial charge in [-0.2, -0.15) is 10.2 Å². The smallest absolute Gasteiger partial charge is 0.308 e. The number of esters is 1. The van der Waals surface area contributed by atoms with Crippen LogP contribution in [0.25, 0.3) is 0 Å². The van der Waals surface area contributed by atoms with Crippen molar-refractivity contribution in [1.82, 2.24) is 0 Å². The Bertz CT molecular complexity index is 406. The van der Waals surface area contributed by atoms with Gasteiger partial charge in [0.2, 0.25) is 0 Å². The first-order valence-electron chi connectivity index (χ1n) is 5.09. The quantitative estimate of drug-likeness (QED) is 0.435. The molecule has 0 N–H and O–H groups in total. The van der Waals surface area contributed by atoms with Crippen LogP contribution in [0.15, 0.2) is 34.5 Å². The molecule has 0 fully saturated rings. The molecule has 16 heavy (non-hydrogen) atoms. The number of azo groups is 1. The second-order valence-corrected chi connectivity index (χ2v) is 4.43. The predicted octanol–water partition coefficient (Wildman–Crippen LogP) is 3.49. The van der Waals surface area contributed by atoms with Crippen molar-refractivity contribution in [1.29, 1.82) is 0 Å². The standard InChI is InChI=1S/C12H16N2O2/c1-9(15)16-11-8-6-5-7-10(11)13-14-12(2,3)4/h5-8H,1-4H3. The lowest BCUT2D eigenvalue weighted by atomic mass is 10.1. The predicted molar refractivity (Wildman–Crippen MR) is 62.0 cm³/mol. The molecule has 0 spiro atoms. The molecule has 0 aromatic heterocycles. The van der Waals surface area contributed by atoms with E-state index >= 15 is 0 Å². The molecule has 4 nitrogen and oxygen atoms in total. The van der Waals surface area contributed by atoms with Crippen molar-refractivity contribution in [3.8, 4) is 5.75 Å². The molecule has 0 aliphatic carbocycles. The lowest BCUT2D eigenvalue weighted by molar-refractivity contribution is -0.131. The summed E-state index contributed by atoms with van der Waals surface area (Å²) in [6.07, 6.45) is 0. The summed E-state index contributed by atoms with van der Waals surface area (Å²) in [4.78, 5) is 10.9. The van der Waals surface area contributed by atoms with E-state index in [0.29, 0.717) is 11.4 Å². The summed E-state index contributed by atoms with van der Waals surface area (Å²) < 4.78 is 5.02. The van der Waals surface area contributed by atoms with E-state index in [1.165, 1.54) is 6.92 Å². The number of carbonyl (C=O) groups excluding carboxylic acids is 1. The van der Waals surface area contributed by atoms with E-state index in [4.69, 9.17) is 4.74 Å². The molecular weight excluding hydrogens is 204 g/mol. The highest BCUT2D eigenvalue weighted by Gasteiger charge is 2.09. The average Bonchev–Trinajstić information content (AvgIpc) is 2.14. The van der Waals surface area contributed by atoms with Crippen molar-refractivity contribution in [2.75, 3.05) is 0 Å². The van der Waals surface area contributed by atoms with Gasteiger partial charge in [0.25, 0.3) is 0 Å². The molecule has 0 aliphatic heterocycles. The monoisotopic (exact) mass is 220 g/mol. The maximum atomic E-state index is 10.9. The molecule has 0 aliphatic rings. The summed E-state index contributed by atoms with van der Waals surface area (Å²) in [6, 6.07) is 7.06. The molecule has 0 unspecified atom stereocenters. The molecule has 0 saturated heterocycles. The van der Waals surface area contributed by atoms with Gasteiger partial charge in [-0.15, -0.1) is 0 Å². The van der Waals surface area contributed by atoms with E-state index in [-0.39, 0.29) is 11.5 Å². The van der Waals surface area contributed by atoms with Gasteiger partial charge in [-0.05, 0) is 32.9 Å². The number of hydrogen-bond acceptors (Lipinski definition) is 4. The van der Waals surface area contributed by atoms with E-state index in [2.05, 4.69) is 10.2 Å². The van der Waals surface area contributed by atoms with E-state index < -0.39 is 0 Å². The van der Waals surface area contributed by atoms with Gasteiger partial charge in [0.05, 0.1) is 5.54 Å². The van der Waals surface area contributed by atoms with Gasteiger partial charge >= 0.3 is 5.97 Å². The van der Waals surface area contributed by atoms with Crippen molar-refractivity contribution in [2.45, 2.75) is 33.2 Å². The molecule has 1 aromatic carbocycles. The van der Waals surface area contributed by atoms with Crippen LogP contribution >= 0.6 is 0 Å². The zero-order valence-corrected chi connectivity index (χ0v) is 10.0. The number of rotatable bonds is 2. The minimum absolute atomic E-state index is 0.247. The van der Waals surface area contributed by atoms with Gasteiger partial charge in [-0.3, -0.25) is 4.79 Å².